The van der Waals surface area contributed by atoms with Crippen molar-refractivity contribution in [3.05, 3.63) is 30.3 Å². The van der Waals surface area contributed by atoms with Crippen LogP contribution in [0.5, 0.6) is 0 Å². The van der Waals surface area contributed by atoms with Crippen molar-refractivity contribution < 1.29 is 8.42 Å². The van der Waals surface area contributed by atoms with E-state index >= 15 is 0 Å². The van der Waals surface area contributed by atoms with Crippen molar-refractivity contribution >= 4 is 26.9 Å². The van der Waals surface area contributed by atoms with Crippen LogP contribution in [0, 0.1) is 17.8 Å². The minimum Gasteiger partial charge on any atom is -0.354 e. The van der Waals surface area contributed by atoms with Gasteiger partial charge in [-0.3, -0.25) is 0 Å². The molecule has 0 amide bonds. The Kier molecular flexibility index (Phi) is 3.69. The summed E-state index contributed by atoms with van der Waals surface area (Å²) in [5, 5.41) is 3.30. The van der Waals surface area contributed by atoms with Gasteiger partial charge in [-0.05, 0) is 80.0 Å². The highest BCUT2D eigenvalue weighted by Gasteiger charge is 2.51. The van der Waals surface area contributed by atoms with Gasteiger partial charge in [-0.25, -0.2) is 0 Å². The van der Waals surface area contributed by atoms with E-state index in [4.69, 9.17) is 11.6 Å². The maximum absolute atomic E-state index is 12.3. The van der Waals surface area contributed by atoms with Gasteiger partial charge in [0.05, 0.1) is 4.90 Å². The highest BCUT2D eigenvalue weighted by molar-refractivity contribution is 7.90. The molecule has 0 saturated heterocycles. The Morgan fingerprint density at radius 2 is 1.57 bits per heavy atom. The number of sulfonamides is 1. The molecule has 4 aliphatic carbocycles. The molecule has 23 heavy (non-hydrogen) atoms. The first-order valence-electron chi connectivity index (χ1n) is 8.28. The average molecular weight is 353 g/mol. The first-order chi connectivity index (χ1) is 10.9. The van der Waals surface area contributed by atoms with E-state index in [0.717, 1.165) is 37.0 Å². The lowest BCUT2D eigenvalue weighted by atomic mass is 9.53. The SMILES string of the molecule is O=S(=O)(/N=C(\Cl)NC12CC3CC(CC(C3)C1)C2)c1ccccc1. The second-order valence-electron chi connectivity index (χ2n) is 7.49. The molecular weight excluding hydrogens is 332 g/mol. The van der Waals surface area contributed by atoms with Gasteiger partial charge in [-0.15, -0.1) is 4.40 Å². The molecule has 4 nitrogen and oxygen atoms in total. The van der Waals surface area contributed by atoms with E-state index in [-0.39, 0.29) is 15.7 Å². The van der Waals surface area contributed by atoms with E-state index in [1.165, 1.54) is 31.4 Å². The van der Waals surface area contributed by atoms with Crippen molar-refractivity contribution in [3.8, 4) is 0 Å². The smallest absolute Gasteiger partial charge is 0.285 e. The number of nitrogens with one attached hydrogen (secondary N) is 1. The van der Waals surface area contributed by atoms with Crippen LogP contribution >= 0.6 is 11.6 Å². The van der Waals surface area contributed by atoms with Gasteiger partial charge in [0.25, 0.3) is 10.0 Å². The normalized spacial score (nSPS) is 36.2. The monoisotopic (exact) mass is 352 g/mol. The fourth-order valence-corrected chi connectivity index (χ4v) is 6.59. The quantitative estimate of drug-likeness (QED) is 0.514. The summed E-state index contributed by atoms with van der Waals surface area (Å²) >= 11 is 6.21. The molecule has 0 unspecified atom stereocenters. The second kappa shape index (κ2) is 5.49. The number of benzene rings is 1. The third kappa shape index (κ3) is 3.01. The third-order valence-electron chi connectivity index (χ3n) is 5.65. The van der Waals surface area contributed by atoms with Gasteiger partial charge in [-0.1, -0.05) is 18.2 Å². The molecule has 0 aromatic heterocycles. The highest BCUT2D eigenvalue weighted by Crippen LogP contribution is 2.55. The summed E-state index contributed by atoms with van der Waals surface area (Å²) in [6, 6.07) is 8.21. The number of nitrogens with zero attached hydrogens (tertiary/aromatic N) is 1. The molecule has 4 fully saturated rings. The van der Waals surface area contributed by atoms with Crippen molar-refractivity contribution in [1.82, 2.24) is 5.32 Å². The van der Waals surface area contributed by atoms with Gasteiger partial charge in [-0.2, -0.15) is 8.42 Å². The molecule has 1 aromatic rings. The lowest BCUT2D eigenvalue weighted by Gasteiger charge is -2.56. The standard InChI is InChI=1S/C17H21ClN2O2S/c18-16(20-23(21,22)15-4-2-1-3-5-15)19-17-9-12-6-13(10-17)8-14(7-12)11-17/h1-5,12-14H,6-11H2,(H,19,20). The van der Waals surface area contributed by atoms with Crippen molar-refractivity contribution in [1.29, 1.82) is 0 Å². The van der Waals surface area contributed by atoms with E-state index in [9.17, 15) is 8.42 Å². The molecule has 0 heterocycles. The van der Waals surface area contributed by atoms with Gasteiger partial charge >= 0.3 is 0 Å². The summed E-state index contributed by atoms with van der Waals surface area (Å²) in [5.74, 6) is 2.30. The summed E-state index contributed by atoms with van der Waals surface area (Å²) in [4.78, 5) is 0.172. The van der Waals surface area contributed by atoms with Crippen LogP contribution in [0.3, 0.4) is 0 Å². The Morgan fingerprint density at radius 3 is 2.09 bits per heavy atom. The summed E-state index contributed by atoms with van der Waals surface area (Å²) in [6.07, 6.45) is 7.27. The van der Waals surface area contributed by atoms with Crippen LogP contribution in [0.15, 0.2) is 39.6 Å². The Hall–Kier alpha value is -1.07. The molecule has 124 valence electrons. The van der Waals surface area contributed by atoms with Crippen LogP contribution in [-0.4, -0.2) is 19.3 Å². The molecule has 4 saturated carbocycles. The molecule has 1 N–H and O–H groups in total. The predicted molar refractivity (Wildman–Crippen MR) is 91.0 cm³/mol. The maximum atomic E-state index is 12.3. The van der Waals surface area contributed by atoms with E-state index < -0.39 is 10.0 Å². The number of amidine groups is 1. The second-order valence-corrected chi connectivity index (χ2v) is 9.46. The van der Waals surface area contributed by atoms with Crippen LogP contribution < -0.4 is 5.32 Å². The molecule has 6 heteroatoms. The first-order valence-corrected chi connectivity index (χ1v) is 10.1. The van der Waals surface area contributed by atoms with E-state index in [1.54, 1.807) is 18.2 Å². The summed E-state index contributed by atoms with van der Waals surface area (Å²) in [5.41, 5.74) is -0.0401. The summed E-state index contributed by atoms with van der Waals surface area (Å²) in [7, 11) is -3.75. The number of hydrogen-bond donors (Lipinski definition) is 1. The molecule has 0 atom stereocenters. The lowest BCUT2D eigenvalue weighted by Crippen LogP contribution is -2.59. The van der Waals surface area contributed by atoms with Crippen molar-refractivity contribution in [2.24, 2.45) is 22.2 Å². The number of rotatable bonds is 3. The molecular formula is C17H21ClN2O2S. The third-order valence-corrected chi connectivity index (χ3v) is 7.22. The molecule has 5 rings (SSSR count). The van der Waals surface area contributed by atoms with Gasteiger partial charge in [0.1, 0.15) is 0 Å². The molecule has 0 aliphatic heterocycles. The van der Waals surface area contributed by atoms with Crippen molar-refractivity contribution in [2.75, 3.05) is 0 Å². The van der Waals surface area contributed by atoms with Crippen LogP contribution in [-0.2, 0) is 10.0 Å². The van der Waals surface area contributed by atoms with Crippen molar-refractivity contribution in [2.45, 2.75) is 49.0 Å². The molecule has 0 spiro atoms. The zero-order valence-corrected chi connectivity index (χ0v) is 14.5. The van der Waals surface area contributed by atoms with E-state index in [0.29, 0.717) is 0 Å². The Morgan fingerprint density at radius 1 is 1.04 bits per heavy atom. The maximum Gasteiger partial charge on any atom is 0.285 e. The average Bonchev–Trinajstić information content (AvgIpc) is 2.45. The van der Waals surface area contributed by atoms with Crippen LogP contribution in [0.4, 0.5) is 0 Å². The van der Waals surface area contributed by atoms with Crippen LogP contribution in [0.25, 0.3) is 0 Å². The minimum atomic E-state index is -3.75. The number of hydrogen-bond acceptors (Lipinski definition) is 2. The molecule has 0 radical (unpaired) electrons. The Labute approximate surface area is 142 Å². The van der Waals surface area contributed by atoms with Gasteiger partial charge in [0.15, 0.2) is 0 Å². The zero-order valence-electron chi connectivity index (χ0n) is 12.9. The summed E-state index contributed by atoms with van der Waals surface area (Å²) < 4.78 is 28.4. The molecule has 4 bridgehead atoms. The fourth-order valence-electron chi connectivity index (χ4n) is 5.26. The van der Waals surface area contributed by atoms with Crippen molar-refractivity contribution in [3.63, 3.8) is 0 Å². The Balaban J connectivity index is 1.55. The topological polar surface area (TPSA) is 58.5 Å². The fraction of sp³-hybridized carbons (Fsp3) is 0.588. The molecule has 4 aliphatic rings. The van der Waals surface area contributed by atoms with Gasteiger partial charge in [0.2, 0.25) is 5.29 Å². The van der Waals surface area contributed by atoms with Crippen LogP contribution in [0.1, 0.15) is 38.5 Å². The lowest BCUT2D eigenvalue weighted by molar-refractivity contribution is -0.00964. The van der Waals surface area contributed by atoms with Crippen LogP contribution in [0.2, 0.25) is 0 Å². The number of halogens is 1. The largest absolute Gasteiger partial charge is 0.354 e. The van der Waals surface area contributed by atoms with E-state index in [1.807, 2.05) is 0 Å². The van der Waals surface area contributed by atoms with Gasteiger partial charge < -0.3 is 5.32 Å². The zero-order chi connectivity index (χ0) is 16.1. The molecule has 1 aromatic carbocycles. The minimum absolute atomic E-state index is 0.0100. The van der Waals surface area contributed by atoms with E-state index in [2.05, 4.69) is 9.71 Å². The Bertz CT molecular complexity index is 695. The van der Waals surface area contributed by atoms with Gasteiger partial charge in [0, 0.05) is 5.54 Å². The summed E-state index contributed by atoms with van der Waals surface area (Å²) in [6.45, 7) is 0. The predicted octanol–water partition coefficient (Wildman–Crippen LogP) is 3.53. The highest BCUT2D eigenvalue weighted by atomic mass is 35.5. The first kappa shape index (κ1) is 15.5.